The molecule has 1 aliphatic heterocycles. The van der Waals surface area contributed by atoms with Crippen molar-refractivity contribution < 1.29 is 14.9 Å². The molecule has 1 aliphatic carbocycles. The highest BCUT2D eigenvalue weighted by molar-refractivity contribution is 6.33. The van der Waals surface area contributed by atoms with Crippen molar-refractivity contribution in [3.63, 3.8) is 0 Å². The third-order valence-electron chi connectivity index (χ3n) is 7.29. The minimum absolute atomic E-state index is 0.281. The average Bonchev–Trinajstić information content (AvgIpc) is 3.69. The van der Waals surface area contributed by atoms with Gasteiger partial charge in [0.2, 0.25) is 5.95 Å². The lowest BCUT2D eigenvalue weighted by atomic mass is 10.1. The molecular formula is C28H31ClN6O3. The number of ether oxygens (including phenoxy) is 1. The van der Waals surface area contributed by atoms with Gasteiger partial charge in [-0.3, -0.25) is 4.90 Å². The SMILES string of the molecule is COc1ccc2c(-c3nc(Nc4cc(C5CC5)cc(N5CCN(CC(O)O)CC5)c4)ncc3Cl)c[nH]c2c1. The first-order valence-electron chi connectivity index (χ1n) is 12.9. The van der Waals surface area contributed by atoms with E-state index in [4.69, 9.17) is 21.3 Å². The minimum atomic E-state index is -1.30. The second-order valence-electron chi connectivity index (χ2n) is 9.98. The molecule has 2 aromatic carbocycles. The molecule has 3 heterocycles. The molecule has 4 aromatic rings. The fraction of sp³-hybridized carbons (Fsp3) is 0.357. The van der Waals surface area contributed by atoms with E-state index < -0.39 is 6.29 Å². The van der Waals surface area contributed by atoms with E-state index >= 15 is 0 Å². The second kappa shape index (κ2) is 10.4. The number of methoxy groups -OCH3 is 1. The smallest absolute Gasteiger partial charge is 0.227 e. The molecule has 0 spiro atoms. The van der Waals surface area contributed by atoms with Crippen LogP contribution in [0.2, 0.25) is 5.02 Å². The Labute approximate surface area is 226 Å². The molecule has 2 aliphatic rings. The Balaban J connectivity index is 1.27. The molecule has 4 N–H and O–H groups in total. The van der Waals surface area contributed by atoms with Crippen molar-refractivity contribution in [2.45, 2.75) is 25.0 Å². The maximum atomic E-state index is 9.30. The van der Waals surface area contributed by atoms with E-state index in [2.05, 4.69) is 43.3 Å². The Morgan fingerprint density at radius 1 is 1.13 bits per heavy atom. The summed E-state index contributed by atoms with van der Waals surface area (Å²) in [6.07, 6.45) is 4.65. The Morgan fingerprint density at radius 3 is 2.68 bits per heavy atom. The lowest BCUT2D eigenvalue weighted by Gasteiger charge is -2.36. The summed E-state index contributed by atoms with van der Waals surface area (Å²) in [5.74, 6) is 1.85. The van der Waals surface area contributed by atoms with Crippen LogP contribution in [0.15, 0.2) is 48.8 Å². The van der Waals surface area contributed by atoms with E-state index in [0.717, 1.165) is 59.8 Å². The zero-order valence-corrected chi connectivity index (χ0v) is 21.9. The molecule has 0 unspecified atom stereocenters. The average molecular weight is 535 g/mol. The number of nitrogens with one attached hydrogen (secondary N) is 2. The maximum absolute atomic E-state index is 9.30. The molecule has 1 saturated heterocycles. The van der Waals surface area contributed by atoms with E-state index in [1.165, 1.54) is 18.4 Å². The number of piperazine rings is 1. The first-order chi connectivity index (χ1) is 18.5. The van der Waals surface area contributed by atoms with Gasteiger partial charge in [0.25, 0.3) is 0 Å². The van der Waals surface area contributed by atoms with Crippen molar-refractivity contribution in [3.05, 3.63) is 59.4 Å². The number of aliphatic hydroxyl groups excluding tert-OH is 1. The van der Waals surface area contributed by atoms with Crippen molar-refractivity contribution >= 4 is 39.8 Å². The summed E-state index contributed by atoms with van der Waals surface area (Å²) in [6, 6.07) is 12.5. The summed E-state index contributed by atoms with van der Waals surface area (Å²) < 4.78 is 5.34. The molecule has 1 saturated carbocycles. The van der Waals surface area contributed by atoms with Crippen LogP contribution in [0, 0.1) is 0 Å². The van der Waals surface area contributed by atoms with Crippen LogP contribution in [0.25, 0.3) is 22.2 Å². The number of aromatic nitrogens is 3. The van der Waals surface area contributed by atoms with Crippen molar-refractivity contribution in [3.8, 4) is 17.0 Å². The molecule has 198 valence electrons. The van der Waals surface area contributed by atoms with E-state index in [9.17, 15) is 10.2 Å². The van der Waals surface area contributed by atoms with Gasteiger partial charge in [0, 0.05) is 72.8 Å². The van der Waals surface area contributed by atoms with Gasteiger partial charge in [-0.1, -0.05) is 11.6 Å². The number of β-amino-alcohol motifs (C(OH)–C–C–N with tert-alkyl or cyclic N) is 2. The predicted molar refractivity (Wildman–Crippen MR) is 149 cm³/mol. The summed E-state index contributed by atoms with van der Waals surface area (Å²) in [5.41, 5.74) is 5.91. The minimum Gasteiger partial charge on any atom is -0.497 e. The summed E-state index contributed by atoms with van der Waals surface area (Å²) in [4.78, 5) is 17.0. The predicted octanol–water partition coefficient (Wildman–Crippen LogP) is 4.34. The quantitative estimate of drug-likeness (QED) is 0.247. The zero-order chi connectivity index (χ0) is 26.2. The van der Waals surface area contributed by atoms with Crippen LogP contribution >= 0.6 is 11.6 Å². The molecule has 0 bridgehead atoms. The van der Waals surface area contributed by atoms with Crippen LogP contribution < -0.4 is 15.0 Å². The molecule has 0 radical (unpaired) electrons. The summed E-state index contributed by atoms with van der Waals surface area (Å²) >= 11 is 6.56. The lowest BCUT2D eigenvalue weighted by molar-refractivity contribution is -0.0618. The number of aliphatic hydroxyl groups is 2. The fourth-order valence-electron chi connectivity index (χ4n) is 5.13. The van der Waals surface area contributed by atoms with Crippen LogP contribution in [-0.4, -0.2) is 76.2 Å². The number of H-pyrrole nitrogens is 1. The van der Waals surface area contributed by atoms with Crippen LogP contribution in [0.5, 0.6) is 5.75 Å². The van der Waals surface area contributed by atoms with Gasteiger partial charge in [-0.05, 0) is 54.7 Å². The van der Waals surface area contributed by atoms with Gasteiger partial charge in [-0.2, -0.15) is 0 Å². The normalized spacial score (nSPS) is 16.4. The molecule has 38 heavy (non-hydrogen) atoms. The number of benzene rings is 2. The van der Waals surface area contributed by atoms with Gasteiger partial charge < -0.3 is 30.2 Å². The number of fused-ring (bicyclic) bond motifs is 1. The van der Waals surface area contributed by atoms with Crippen molar-refractivity contribution in [1.29, 1.82) is 0 Å². The lowest BCUT2D eigenvalue weighted by Crippen LogP contribution is -2.48. The number of nitrogens with zero attached hydrogens (tertiary/aromatic N) is 4. The molecule has 6 rings (SSSR count). The van der Waals surface area contributed by atoms with Gasteiger partial charge in [0.15, 0.2) is 6.29 Å². The van der Waals surface area contributed by atoms with E-state index in [1.807, 2.05) is 24.4 Å². The molecule has 0 atom stereocenters. The molecular weight excluding hydrogens is 504 g/mol. The number of halogens is 1. The van der Waals surface area contributed by atoms with Gasteiger partial charge in [0.05, 0.1) is 24.0 Å². The Kier molecular flexibility index (Phi) is 6.84. The highest BCUT2D eigenvalue weighted by Crippen LogP contribution is 2.43. The van der Waals surface area contributed by atoms with Gasteiger partial charge in [-0.15, -0.1) is 0 Å². The number of aromatic amines is 1. The summed E-state index contributed by atoms with van der Waals surface area (Å²) in [6.45, 7) is 3.51. The molecule has 0 amide bonds. The van der Waals surface area contributed by atoms with Crippen molar-refractivity contribution in [2.75, 3.05) is 50.1 Å². The first-order valence-corrected chi connectivity index (χ1v) is 13.3. The number of hydrogen-bond donors (Lipinski definition) is 4. The molecule has 2 fully saturated rings. The van der Waals surface area contributed by atoms with Crippen molar-refractivity contribution in [2.24, 2.45) is 0 Å². The van der Waals surface area contributed by atoms with E-state index in [-0.39, 0.29) is 6.54 Å². The Hall–Kier alpha value is -3.37. The first kappa shape index (κ1) is 24.9. The fourth-order valence-corrected chi connectivity index (χ4v) is 5.33. The number of hydrogen-bond acceptors (Lipinski definition) is 8. The molecule has 2 aromatic heterocycles. The van der Waals surface area contributed by atoms with Crippen LogP contribution in [-0.2, 0) is 0 Å². The largest absolute Gasteiger partial charge is 0.497 e. The van der Waals surface area contributed by atoms with E-state index in [1.54, 1.807) is 13.3 Å². The standard InChI is InChI=1S/C28H31ClN6O3/c1-38-21-4-5-22-23(14-30-25(22)13-21)27-24(29)15-31-28(33-27)32-19-10-18(17-2-3-17)11-20(12-19)35-8-6-34(7-9-35)16-26(36)37/h4-5,10-15,17,26,30,36-37H,2-3,6-9,16H2,1H3,(H,31,32,33). The topological polar surface area (TPSA) is 110 Å². The van der Waals surface area contributed by atoms with Gasteiger partial charge >= 0.3 is 0 Å². The summed E-state index contributed by atoms with van der Waals surface area (Å²) in [5, 5.41) is 23.5. The number of anilines is 3. The molecule has 10 heteroatoms. The highest BCUT2D eigenvalue weighted by atomic mass is 35.5. The van der Waals surface area contributed by atoms with Crippen LogP contribution in [0.1, 0.15) is 24.3 Å². The Morgan fingerprint density at radius 2 is 1.95 bits per heavy atom. The number of rotatable bonds is 8. The molecule has 9 nitrogen and oxygen atoms in total. The van der Waals surface area contributed by atoms with Gasteiger partial charge in [-0.25, -0.2) is 9.97 Å². The monoisotopic (exact) mass is 534 g/mol. The van der Waals surface area contributed by atoms with Gasteiger partial charge in [0.1, 0.15) is 5.75 Å². The van der Waals surface area contributed by atoms with E-state index in [0.29, 0.717) is 22.6 Å². The second-order valence-corrected chi connectivity index (χ2v) is 10.4. The third-order valence-corrected chi connectivity index (χ3v) is 7.57. The van der Waals surface area contributed by atoms with Crippen LogP contribution in [0.4, 0.5) is 17.3 Å². The third kappa shape index (κ3) is 5.28. The van der Waals surface area contributed by atoms with Crippen LogP contribution in [0.3, 0.4) is 0 Å². The zero-order valence-electron chi connectivity index (χ0n) is 21.2. The highest BCUT2D eigenvalue weighted by Gasteiger charge is 2.26. The summed E-state index contributed by atoms with van der Waals surface area (Å²) in [7, 11) is 1.65. The van der Waals surface area contributed by atoms with Crippen molar-refractivity contribution in [1.82, 2.24) is 19.9 Å². The Bertz CT molecular complexity index is 1450. The maximum Gasteiger partial charge on any atom is 0.227 e.